The van der Waals surface area contributed by atoms with E-state index in [4.69, 9.17) is 33.2 Å². The number of hydrogen-bond acceptors (Lipinski definition) is 23. The summed E-state index contributed by atoms with van der Waals surface area (Å²) < 4.78 is 38.4. The van der Waals surface area contributed by atoms with Gasteiger partial charge in [-0.1, -0.05) is 184 Å². The molecule has 1 heterocycles. The van der Waals surface area contributed by atoms with Gasteiger partial charge in [-0.2, -0.15) is 47.0 Å². The highest BCUT2D eigenvalue weighted by atomic mass is 32.2. The Morgan fingerprint density at radius 3 is 0.843 bits per heavy atom. The molecule has 0 aromatic carbocycles. The van der Waals surface area contributed by atoms with Gasteiger partial charge in [0.25, 0.3) is 0 Å². The zero-order chi connectivity index (χ0) is 74.7. The minimum atomic E-state index is -0.411. The van der Waals surface area contributed by atoms with E-state index in [1.807, 2.05) is 39.5 Å². The number of ketones is 1. The molecule has 0 amide bonds. The number of esters is 7. The van der Waals surface area contributed by atoms with Gasteiger partial charge < -0.3 is 52.8 Å². The standard InChI is InChI=1S/C79H146N4O15S4/c1-9-13-17-21-25-29-60-99-64-68(5)72(84)36-33-53-92-73(85)37-45-80(46-38-74(86)93-54-57-96-77(89)69(6)65-100-61-30-26-22-18-14-10-2)41-34-43-82-49-51-83(52-50-82)44-35-42-81(47-39-75(87)94-55-58-97-78(90)70(7)66-101-62-31-27-23-19-15-11-3)48-40-76(88)95-56-59-98-79(91)71(8)67-102-63-32-28-24-20-16-12-4/h68-71H,9-67H2,1-8H3. The van der Waals surface area contributed by atoms with Crippen molar-refractivity contribution in [1.82, 2.24) is 19.6 Å². The highest BCUT2D eigenvalue weighted by Gasteiger charge is 2.22. The van der Waals surface area contributed by atoms with Crippen molar-refractivity contribution < 1.29 is 71.5 Å². The summed E-state index contributed by atoms with van der Waals surface area (Å²) in [6.07, 6.45) is 32.8. The molecule has 1 fully saturated rings. The van der Waals surface area contributed by atoms with Gasteiger partial charge >= 0.3 is 41.8 Å². The van der Waals surface area contributed by atoms with Crippen molar-refractivity contribution >= 4 is 94.6 Å². The van der Waals surface area contributed by atoms with E-state index in [2.05, 4.69) is 47.3 Å². The maximum absolute atomic E-state index is 13.1. The van der Waals surface area contributed by atoms with E-state index in [-0.39, 0.29) is 125 Å². The topological polar surface area (TPSA) is 214 Å². The molecule has 0 saturated carbocycles. The number of thioether (sulfide) groups is 4. The molecule has 4 atom stereocenters. The molecule has 596 valence electrons. The molecule has 102 heavy (non-hydrogen) atoms. The van der Waals surface area contributed by atoms with Gasteiger partial charge in [0, 0.05) is 87.7 Å². The summed E-state index contributed by atoms with van der Waals surface area (Å²) >= 11 is 7.18. The van der Waals surface area contributed by atoms with Crippen LogP contribution in [0, 0.1) is 23.7 Å². The number of unbranched alkanes of at least 4 members (excludes halogenated alkanes) is 20. The van der Waals surface area contributed by atoms with E-state index in [1.54, 1.807) is 35.3 Å². The second-order valence-corrected chi connectivity index (χ2v) is 32.6. The number of carbonyl (C=O) groups excluding carboxylic acids is 8. The molecule has 1 aliphatic rings. The van der Waals surface area contributed by atoms with E-state index in [9.17, 15) is 38.4 Å². The Bertz CT molecular complexity index is 1830. The van der Waals surface area contributed by atoms with E-state index in [0.717, 1.165) is 100 Å². The first-order chi connectivity index (χ1) is 49.5. The van der Waals surface area contributed by atoms with Gasteiger partial charge in [0.05, 0.1) is 50.0 Å². The van der Waals surface area contributed by atoms with Crippen LogP contribution in [0.2, 0.25) is 0 Å². The number of Topliss-reactive ketones (excluding diaryl/α,β-unsaturated/α-hetero) is 1. The van der Waals surface area contributed by atoms with Gasteiger partial charge in [-0.15, -0.1) is 0 Å². The lowest BCUT2D eigenvalue weighted by Crippen LogP contribution is -2.47. The molecular formula is C79H146N4O15S4. The Kier molecular flexibility index (Phi) is 66.6. The van der Waals surface area contributed by atoms with Gasteiger partial charge in [-0.05, 0) is 94.1 Å². The van der Waals surface area contributed by atoms with Crippen LogP contribution in [0.5, 0.6) is 0 Å². The van der Waals surface area contributed by atoms with Crippen molar-refractivity contribution in [2.24, 2.45) is 23.7 Å². The van der Waals surface area contributed by atoms with E-state index in [0.29, 0.717) is 69.4 Å². The molecule has 1 saturated heterocycles. The summed E-state index contributed by atoms with van der Waals surface area (Å²) in [6.45, 7) is 24.6. The number of rotatable bonds is 73. The zero-order valence-corrected chi connectivity index (χ0v) is 68.8. The lowest BCUT2D eigenvalue weighted by atomic mass is 10.0. The third-order valence-corrected chi connectivity index (χ3v) is 23.5. The van der Waals surface area contributed by atoms with Crippen LogP contribution in [0.15, 0.2) is 0 Å². The van der Waals surface area contributed by atoms with Gasteiger partial charge in [-0.25, -0.2) is 0 Å². The van der Waals surface area contributed by atoms with Crippen molar-refractivity contribution in [3.8, 4) is 0 Å². The van der Waals surface area contributed by atoms with Crippen molar-refractivity contribution in [3.05, 3.63) is 0 Å². The second kappa shape index (κ2) is 69.9. The van der Waals surface area contributed by atoms with Crippen LogP contribution < -0.4 is 0 Å². The summed E-state index contributed by atoms with van der Waals surface area (Å²) in [4.78, 5) is 112. The Labute approximate surface area is 637 Å². The predicted molar refractivity (Wildman–Crippen MR) is 424 cm³/mol. The van der Waals surface area contributed by atoms with Gasteiger partial charge in [0.2, 0.25) is 0 Å². The maximum Gasteiger partial charge on any atom is 0.309 e. The molecule has 0 radical (unpaired) electrons. The zero-order valence-electron chi connectivity index (χ0n) is 65.6. The predicted octanol–water partition coefficient (Wildman–Crippen LogP) is 15.6. The molecule has 4 unspecified atom stereocenters. The van der Waals surface area contributed by atoms with Crippen LogP contribution >= 0.6 is 47.0 Å². The summed E-state index contributed by atoms with van der Waals surface area (Å²) in [5.74, 6) is 4.09. The van der Waals surface area contributed by atoms with Crippen molar-refractivity contribution in [2.45, 2.75) is 261 Å². The smallest absolute Gasteiger partial charge is 0.309 e. The van der Waals surface area contributed by atoms with Crippen molar-refractivity contribution in [3.63, 3.8) is 0 Å². The maximum atomic E-state index is 13.1. The normalized spacial score (nSPS) is 13.9. The molecule has 0 aromatic heterocycles. The first-order valence-electron chi connectivity index (χ1n) is 40.4. The van der Waals surface area contributed by atoms with E-state index < -0.39 is 17.9 Å². The van der Waals surface area contributed by atoms with Crippen LogP contribution in [0.1, 0.15) is 261 Å². The number of nitrogens with zero attached hydrogens (tertiary/aromatic N) is 4. The molecule has 1 rings (SSSR count). The number of carbonyl (C=O) groups is 8. The SMILES string of the molecule is CCCCCCCCSCC(C)C(=O)CCCOC(=O)CCN(CCCN1CCN(CCCN(CCC(=O)OCCOC(=O)C(C)CSCCCCCCCC)CCC(=O)OCCOC(=O)C(C)CSCCCCCCCC)CC1)CCC(=O)OCCOC(=O)C(C)CSCCCCCCCC. The number of hydrogen-bond donors (Lipinski definition) is 0. The molecule has 0 aromatic rings. The molecule has 0 aliphatic carbocycles. The van der Waals surface area contributed by atoms with Gasteiger partial charge in [0.15, 0.2) is 0 Å². The average Bonchev–Trinajstić information content (AvgIpc) is 0.945. The van der Waals surface area contributed by atoms with Gasteiger partial charge in [0.1, 0.15) is 45.4 Å². The fourth-order valence-corrected chi connectivity index (χ4v) is 15.8. The molecule has 23 heteroatoms. The number of ether oxygens (including phenoxy) is 7. The summed E-state index contributed by atoms with van der Waals surface area (Å²) in [5, 5.41) is 0. The third-order valence-electron chi connectivity index (χ3n) is 18.3. The average molecular weight is 1520 g/mol. The fraction of sp³-hybridized carbons (Fsp3) is 0.899. The van der Waals surface area contributed by atoms with Gasteiger partial charge in [-0.3, -0.25) is 38.4 Å². The largest absolute Gasteiger partial charge is 0.466 e. The third kappa shape index (κ3) is 59.3. The lowest BCUT2D eigenvalue weighted by Gasteiger charge is -2.35. The quantitative estimate of drug-likeness (QED) is 0.0314. The fourth-order valence-electron chi connectivity index (χ4n) is 11.5. The Hall–Kier alpha value is -2.80. The molecule has 1 aliphatic heterocycles. The highest BCUT2D eigenvalue weighted by Crippen LogP contribution is 2.20. The lowest BCUT2D eigenvalue weighted by molar-refractivity contribution is -0.154. The summed E-state index contributed by atoms with van der Waals surface area (Å²) in [6, 6.07) is 0. The van der Waals surface area contributed by atoms with Crippen LogP contribution in [-0.2, 0) is 71.5 Å². The minimum absolute atomic E-state index is 0.000474. The Morgan fingerprint density at radius 1 is 0.294 bits per heavy atom. The second-order valence-electron chi connectivity index (χ2n) is 28.0. The number of piperazine rings is 1. The first-order valence-corrected chi connectivity index (χ1v) is 45.0. The Balaban J connectivity index is 2.78. The molecule has 19 nitrogen and oxygen atoms in total. The summed E-state index contributed by atoms with van der Waals surface area (Å²) in [7, 11) is 0. The minimum Gasteiger partial charge on any atom is -0.466 e. The first kappa shape index (κ1) is 97.2. The van der Waals surface area contributed by atoms with Crippen molar-refractivity contribution in [1.29, 1.82) is 0 Å². The van der Waals surface area contributed by atoms with Crippen LogP contribution in [0.4, 0.5) is 0 Å². The van der Waals surface area contributed by atoms with E-state index >= 15 is 0 Å². The van der Waals surface area contributed by atoms with Crippen molar-refractivity contribution in [2.75, 3.05) is 171 Å². The molecule has 0 spiro atoms. The van der Waals surface area contributed by atoms with E-state index in [1.165, 1.54) is 135 Å². The van der Waals surface area contributed by atoms with Crippen LogP contribution in [0.3, 0.4) is 0 Å². The summed E-state index contributed by atoms with van der Waals surface area (Å²) in [5.41, 5.74) is 0. The monoisotopic (exact) mass is 1520 g/mol. The highest BCUT2D eigenvalue weighted by molar-refractivity contribution is 7.99. The Morgan fingerprint density at radius 2 is 0.549 bits per heavy atom. The van der Waals surface area contributed by atoms with Crippen LogP contribution in [0.25, 0.3) is 0 Å². The van der Waals surface area contributed by atoms with Crippen LogP contribution in [-0.4, -0.2) is 238 Å². The molecule has 0 N–H and O–H groups in total. The molecular weight excluding hydrogens is 1370 g/mol. The molecule has 0 bridgehead atoms.